The van der Waals surface area contributed by atoms with Crippen molar-refractivity contribution in [2.75, 3.05) is 6.54 Å². The average Bonchev–Trinajstić information content (AvgIpc) is 2.57. The number of aliphatic carboxylic acids is 1. The molecule has 0 fully saturated rings. The first kappa shape index (κ1) is 18.7. The summed E-state index contributed by atoms with van der Waals surface area (Å²) in [5, 5.41) is 12.5. The van der Waals surface area contributed by atoms with Crippen LogP contribution < -0.4 is 5.32 Å². The first-order chi connectivity index (χ1) is 11.5. The van der Waals surface area contributed by atoms with Crippen LogP contribution in [0.5, 0.6) is 0 Å². The largest absolute Gasteiger partial charge is 0.481 e. The molecule has 0 aliphatic heterocycles. The van der Waals surface area contributed by atoms with Crippen LogP contribution in [0.3, 0.4) is 0 Å². The molecule has 0 saturated carbocycles. The van der Waals surface area contributed by atoms with Gasteiger partial charge in [0.2, 0.25) is 0 Å². The van der Waals surface area contributed by atoms with Gasteiger partial charge in [0.25, 0.3) is 0 Å². The first-order valence-corrected chi connectivity index (χ1v) is 9.08. The van der Waals surface area contributed by atoms with Crippen LogP contribution in [0.4, 0.5) is 0 Å². The van der Waals surface area contributed by atoms with E-state index >= 15 is 0 Å². The quantitative estimate of drug-likeness (QED) is 0.657. The second-order valence-electron chi connectivity index (χ2n) is 6.18. The van der Waals surface area contributed by atoms with Gasteiger partial charge in [-0.1, -0.05) is 65.3 Å². The van der Waals surface area contributed by atoms with E-state index < -0.39 is 5.97 Å². The minimum Gasteiger partial charge on any atom is -0.481 e. The van der Waals surface area contributed by atoms with Gasteiger partial charge in [-0.05, 0) is 42.0 Å². The van der Waals surface area contributed by atoms with Gasteiger partial charge >= 0.3 is 5.97 Å². The van der Waals surface area contributed by atoms with Crippen molar-refractivity contribution >= 4 is 21.9 Å². The standard InChI is InChI=1S/C20H24BrNO2/c1-15(17-8-5-9-18(21)13-17)14-22-19(10-11-20(23)24)12-16-6-3-2-4-7-16/h2-9,13,15,19,22H,10-12,14H2,1H3,(H,23,24). The lowest BCUT2D eigenvalue weighted by atomic mass is 9.98. The Morgan fingerprint density at radius 3 is 2.58 bits per heavy atom. The molecule has 0 aliphatic rings. The molecule has 2 aromatic rings. The molecule has 0 aliphatic carbocycles. The van der Waals surface area contributed by atoms with Crippen molar-refractivity contribution in [1.82, 2.24) is 5.32 Å². The van der Waals surface area contributed by atoms with Gasteiger partial charge in [-0.25, -0.2) is 0 Å². The summed E-state index contributed by atoms with van der Waals surface area (Å²) in [6, 6.07) is 18.7. The molecule has 0 aromatic heterocycles. The Morgan fingerprint density at radius 2 is 1.92 bits per heavy atom. The summed E-state index contributed by atoms with van der Waals surface area (Å²) in [6.07, 6.45) is 1.67. The minimum absolute atomic E-state index is 0.165. The maximum absolute atomic E-state index is 10.9. The molecule has 0 saturated heterocycles. The number of hydrogen-bond acceptors (Lipinski definition) is 2. The molecule has 3 nitrogen and oxygen atoms in total. The van der Waals surface area contributed by atoms with Crippen LogP contribution in [0.2, 0.25) is 0 Å². The third-order valence-corrected chi connectivity index (χ3v) is 4.66. The number of carbonyl (C=O) groups is 1. The lowest BCUT2D eigenvalue weighted by Crippen LogP contribution is -2.34. The smallest absolute Gasteiger partial charge is 0.303 e. The molecular formula is C20H24BrNO2. The number of nitrogens with one attached hydrogen (secondary N) is 1. The summed E-state index contributed by atoms with van der Waals surface area (Å²) in [6.45, 7) is 3.01. The van der Waals surface area contributed by atoms with E-state index in [1.807, 2.05) is 30.3 Å². The van der Waals surface area contributed by atoms with Crippen LogP contribution in [0, 0.1) is 0 Å². The fourth-order valence-corrected chi connectivity index (χ4v) is 3.16. The fourth-order valence-electron chi connectivity index (χ4n) is 2.75. The highest BCUT2D eigenvalue weighted by Gasteiger charge is 2.14. The van der Waals surface area contributed by atoms with Gasteiger partial charge in [-0.3, -0.25) is 4.79 Å². The molecule has 0 amide bonds. The summed E-state index contributed by atoms with van der Waals surface area (Å²) in [7, 11) is 0. The maximum atomic E-state index is 10.9. The molecule has 4 heteroatoms. The van der Waals surface area contributed by atoms with Crippen molar-refractivity contribution in [3.8, 4) is 0 Å². The van der Waals surface area contributed by atoms with Crippen LogP contribution in [0.15, 0.2) is 59.1 Å². The topological polar surface area (TPSA) is 49.3 Å². The number of rotatable bonds is 9. The molecule has 0 spiro atoms. The molecule has 2 aromatic carbocycles. The molecule has 2 unspecified atom stereocenters. The Kier molecular flexibility index (Phi) is 7.47. The molecule has 0 heterocycles. The van der Waals surface area contributed by atoms with Crippen molar-refractivity contribution in [2.24, 2.45) is 0 Å². The minimum atomic E-state index is -0.741. The van der Waals surface area contributed by atoms with Gasteiger partial charge in [0, 0.05) is 23.5 Å². The molecule has 2 atom stereocenters. The third kappa shape index (κ3) is 6.46. The van der Waals surface area contributed by atoms with Crippen molar-refractivity contribution in [3.05, 3.63) is 70.2 Å². The maximum Gasteiger partial charge on any atom is 0.303 e. The van der Waals surface area contributed by atoms with Gasteiger partial charge in [-0.2, -0.15) is 0 Å². The van der Waals surface area contributed by atoms with Crippen molar-refractivity contribution in [3.63, 3.8) is 0 Å². The van der Waals surface area contributed by atoms with E-state index in [4.69, 9.17) is 5.11 Å². The SMILES string of the molecule is CC(CNC(CCC(=O)O)Cc1ccccc1)c1cccc(Br)c1. The summed E-state index contributed by atoms with van der Waals surface area (Å²) in [5.41, 5.74) is 2.50. The zero-order valence-corrected chi connectivity index (χ0v) is 15.5. The Labute approximate surface area is 152 Å². The van der Waals surface area contributed by atoms with Crippen molar-refractivity contribution in [2.45, 2.75) is 38.1 Å². The van der Waals surface area contributed by atoms with Crippen LogP contribution in [-0.4, -0.2) is 23.7 Å². The van der Waals surface area contributed by atoms with E-state index in [2.05, 4.69) is 52.4 Å². The Hall–Kier alpha value is -1.65. The van der Waals surface area contributed by atoms with Gasteiger partial charge in [-0.15, -0.1) is 0 Å². The summed E-state index contributed by atoms with van der Waals surface area (Å²) in [4.78, 5) is 10.9. The number of halogens is 1. The van der Waals surface area contributed by atoms with E-state index in [0.717, 1.165) is 17.4 Å². The van der Waals surface area contributed by atoms with Crippen LogP contribution in [0.1, 0.15) is 36.8 Å². The highest BCUT2D eigenvalue weighted by atomic mass is 79.9. The van der Waals surface area contributed by atoms with Crippen molar-refractivity contribution in [1.29, 1.82) is 0 Å². The molecule has 2 N–H and O–H groups in total. The van der Waals surface area contributed by atoms with Gasteiger partial charge in [0.1, 0.15) is 0 Å². The Morgan fingerprint density at radius 1 is 1.17 bits per heavy atom. The zero-order valence-electron chi connectivity index (χ0n) is 13.9. The number of carboxylic acid groups (broad SMARTS) is 1. The van der Waals surface area contributed by atoms with Gasteiger partial charge in [0.05, 0.1) is 0 Å². The molecular weight excluding hydrogens is 366 g/mol. The van der Waals surface area contributed by atoms with E-state index in [0.29, 0.717) is 12.3 Å². The van der Waals surface area contributed by atoms with Crippen LogP contribution in [0.25, 0.3) is 0 Å². The monoisotopic (exact) mass is 389 g/mol. The Bertz CT molecular complexity index is 645. The summed E-state index contributed by atoms with van der Waals surface area (Å²) in [5.74, 6) is -0.375. The number of hydrogen-bond donors (Lipinski definition) is 2. The molecule has 0 bridgehead atoms. The molecule has 0 radical (unpaired) electrons. The van der Waals surface area contributed by atoms with E-state index in [1.54, 1.807) is 0 Å². The predicted molar refractivity (Wildman–Crippen MR) is 101 cm³/mol. The molecule has 24 heavy (non-hydrogen) atoms. The normalized spacial score (nSPS) is 13.4. The van der Waals surface area contributed by atoms with Crippen LogP contribution >= 0.6 is 15.9 Å². The van der Waals surface area contributed by atoms with Gasteiger partial charge in [0.15, 0.2) is 0 Å². The Balaban J connectivity index is 1.95. The van der Waals surface area contributed by atoms with Crippen LogP contribution in [-0.2, 0) is 11.2 Å². The van der Waals surface area contributed by atoms with Gasteiger partial charge < -0.3 is 10.4 Å². The van der Waals surface area contributed by atoms with Crippen molar-refractivity contribution < 1.29 is 9.90 Å². The van der Waals surface area contributed by atoms with E-state index in [9.17, 15) is 4.79 Å². The van der Waals surface area contributed by atoms with E-state index in [-0.39, 0.29) is 12.5 Å². The number of carboxylic acids is 1. The molecule has 128 valence electrons. The lowest BCUT2D eigenvalue weighted by Gasteiger charge is -2.21. The lowest BCUT2D eigenvalue weighted by molar-refractivity contribution is -0.137. The second-order valence-corrected chi connectivity index (χ2v) is 7.10. The number of benzene rings is 2. The molecule has 2 rings (SSSR count). The summed E-state index contributed by atoms with van der Waals surface area (Å²) >= 11 is 3.51. The highest BCUT2D eigenvalue weighted by Crippen LogP contribution is 2.19. The fraction of sp³-hybridized carbons (Fsp3) is 0.350. The average molecular weight is 390 g/mol. The third-order valence-electron chi connectivity index (χ3n) is 4.16. The highest BCUT2D eigenvalue weighted by molar-refractivity contribution is 9.10. The predicted octanol–water partition coefficient (Wildman–Crippen LogP) is 4.62. The zero-order chi connectivity index (χ0) is 17.4. The first-order valence-electron chi connectivity index (χ1n) is 8.29. The second kappa shape index (κ2) is 9.60. The van der Waals surface area contributed by atoms with E-state index in [1.165, 1.54) is 11.1 Å². The summed E-state index contributed by atoms with van der Waals surface area (Å²) < 4.78 is 1.08.